The van der Waals surface area contributed by atoms with E-state index in [9.17, 15) is 13.2 Å². The molecule has 0 aliphatic rings. The summed E-state index contributed by atoms with van der Waals surface area (Å²) >= 11 is 3.10. The van der Waals surface area contributed by atoms with Crippen molar-refractivity contribution in [2.24, 2.45) is 0 Å². The van der Waals surface area contributed by atoms with E-state index in [1.165, 1.54) is 12.3 Å². The number of fused-ring (bicyclic) bond motifs is 1. The maximum absolute atomic E-state index is 12.4. The lowest BCUT2D eigenvalue weighted by atomic mass is 10.4. The molecular weight excluding hydrogens is 261 g/mol. The maximum atomic E-state index is 12.4. The van der Waals surface area contributed by atoms with Crippen molar-refractivity contribution in [2.75, 3.05) is 0 Å². The molecule has 0 aromatic carbocycles. The molecule has 2 nitrogen and oxygen atoms in total. The second-order valence-electron chi connectivity index (χ2n) is 2.72. The van der Waals surface area contributed by atoms with Crippen LogP contribution < -0.4 is 0 Å². The molecule has 0 spiro atoms. The minimum atomic E-state index is -4.37. The molecule has 0 fully saturated rings. The van der Waals surface area contributed by atoms with E-state index in [1.54, 1.807) is 6.07 Å². The highest BCUT2D eigenvalue weighted by atomic mass is 79.9. The Labute approximate surface area is 85.5 Å². The van der Waals surface area contributed by atoms with Gasteiger partial charge in [-0.05, 0) is 28.1 Å². The fourth-order valence-electron chi connectivity index (χ4n) is 1.16. The van der Waals surface area contributed by atoms with Crippen molar-refractivity contribution in [2.45, 2.75) is 6.18 Å². The van der Waals surface area contributed by atoms with Crippen LogP contribution in [0.2, 0.25) is 0 Å². The van der Waals surface area contributed by atoms with Gasteiger partial charge in [0, 0.05) is 10.7 Å². The largest absolute Gasteiger partial charge is 0.433 e. The predicted octanol–water partition coefficient (Wildman–Crippen LogP) is 3.12. The van der Waals surface area contributed by atoms with Crippen molar-refractivity contribution in [1.29, 1.82) is 0 Å². The summed E-state index contributed by atoms with van der Waals surface area (Å²) in [6.07, 6.45) is -2.22. The van der Waals surface area contributed by atoms with Gasteiger partial charge in [0.15, 0.2) is 0 Å². The number of hydrogen-bond donors (Lipinski definition) is 0. The Bertz CT molecular complexity index is 475. The van der Waals surface area contributed by atoms with Crippen molar-refractivity contribution < 1.29 is 13.2 Å². The Balaban J connectivity index is 2.73. The fourth-order valence-corrected chi connectivity index (χ4v) is 1.50. The molecule has 0 radical (unpaired) electrons. The van der Waals surface area contributed by atoms with Gasteiger partial charge in [0.1, 0.15) is 11.3 Å². The molecule has 0 amide bonds. The lowest BCUT2D eigenvalue weighted by Crippen LogP contribution is -2.08. The van der Waals surface area contributed by atoms with Crippen LogP contribution in [0.5, 0.6) is 0 Å². The van der Waals surface area contributed by atoms with E-state index >= 15 is 0 Å². The Morgan fingerprint density at radius 3 is 2.64 bits per heavy atom. The Kier molecular flexibility index (Phi) is 2.02. The summed E-state index contributed by atoms with van der Waals surface area (Å²) in [6, 6.07) is 3.15. The van der Waals surface area contributed by atoms with Crippen LogP contribution in [0, 0.1) is 0 Å². The molecule has 74 valence electrons. The van der Waals surface area contributed by atoms with E-state index in [0.717, 1.165) is 10.6 Å². The number of nitrogens with zero attached hydrogens (tertiary/aromatic N) is 2. The summed E-state index contributed by atoms with van der Waals surface area (Å²) in [5.41, 5.74) is -0.491. The molecule has 0 aliphatic heterocycles. The van der Waals surface area contributed by atoms with Crippen molar-refractivity contribution in [3.63, 3.8) is 0 Å². The third-order valence-electron chi connectivity index (χ3n) is 1.76. The average molecular weight is 265 g/mol. The zero-order valence-corrected chi connectivity index (χ0v) is 8.30. The molecule has 0 atom stereocenters. The van der Waals surface area contributed by atoms with E-state index < -0.39 is 11.9 Å². The highest BCUT2D eigenvalue weighted by molar-refractivity contribution is 9.10. The van der Waals surface area contributed by atoms with Gasteiger partial charge in [0.05, 0.1) is 6.20 Å². The predicted molar refractivity (Wildman–Crippen MR) is 47.9 cm³/mol. The number of rotatable bonds is 0. The molecule has 6 heteroatoms. The summed E-state index contributed by atoms with van der Waals surface area (Å²) in [7, 11) is 0. The molecule has 0 saturated heterocycles. The quantitative estimate of drug-likeness (QED) is 0.715. The second-order valence-corrected chi connectivity index (χ2v) is 3.63. The number of alkyl halides is 3. The van der Waals surface area contributed by atoms with Crippen LogP contribution in [-0.4, -0.2) is 9.38 Å². The average Bonchev–Trinajstić information content (AvgIpc) is 2.45. The monoisotopic (exact) mass is 264 g/mol. The lowest BCUT2D eigenvalue weighted by Gasteiger charge is -2.05. The van der Waals surface area contributed by atoms with Gasteiger partial charge in [-0.1, -0.05) is 0 Å². The van der Waals surface area contributed by atoms with Gasteiger partial charge >= 0.3 is 6.18 Å². The van der Waals surface area contributed by atoms with Crippen LogP contribution in [0.25, 0.3) is 5.65 Å². The van der Waals surface area contributed by atoms with Crippen molar-refractivity contribution >= 4 is 21.6 Å². The molecule has 14 heavy (non-hydrogen) atoms. The summed E-state index contributed by atoms with van der Waals surface area (Å²) in [5.74, 6) is 0. The minimum absolute atomic E-state index is 0.278. The summed E-state index contributed by atoms with van der Waals surface area (Å²) in [4.78, 5) is 3.65. The molecule has 2 aromatic rings. The van der Waals surface area contributed by atoms with E-state index in [1.807, 2.05) is 0 Å². The normalized spacial score (nSPS) is 12.3. The highest BCUT2D eigenvalue weighted by Crippen LogP contribution is 2.30. The van der Waals surface area contributed by atoms with Gasteiger partial charge in [-0.3, -0.25) is 4.40 Å². The van der Waals surface area contributed by atoms with Crippen LogP contribution in [-0.2, 0) is 6.18 Å². The second kappa shape index (κ2) is 2.98. The van der Waals surface area contributed by atoms with Crippen molar-refractivity contribution in [3.8, 4) is 0 Å². The summed E-state index contributed by atoms with van der Waals surface area (Å²) in [5, 5.41) is 0. The Morgan fingerprint density at radius 2 is 2.00 bits per heavy atom. The molecule has 2 heterocycles. The maximum Gasteiger partial charge on any atom is 0.433 e. The molecular formula is C8H4BrF3N2. The highest BCUT2D eigenvalue weighted by Gasteiger charge is 2.34. The van der Waals surface area contributed by atoms with Crippen LogP contribution in [0.4, 0.5) is 13.2 Å². The molecule has 2 rings (SSSR count). The lowest BCUT2D eigenvalue weighted by molar-refractivity contribution is -0.141. The molecule has 2 aromatic heterocycles. The first kappa shape index (κ1) is 9.51. The molecule has 0 N–H and O–H groups in total. The molecule has 0 bridgehead atoms. The van der Waals surface area contributed by atoms with E-state index in [2.05, 4.69) is 20.9 Å². The standard InChI is InChI=1S/C8H4BrF3N2/c9-5-1-2-7-13-3-6(8(10,11)12)14(7)4-5/h1-4H. The molecule has 0 aliphatic carbocycles. The van der Waals surface area contributed by atoms with Crippen LogP contribution >= 0.6 is 15.9 Å². The number of hydrogen-bond acceptors (Lipinski definition) is 1. The Hall–Kier alpha value is -1.04. The first-order chi connectivity index (χ1) is 6.48. The fraction of sp³-hybridized carbons (Fsp3) is 0.125. The third kappa shape index (κ3) is 1.50. The number of pyridine rings is 1. The van der Waals surface area contributed by atoms with E-state index in [-0.39, 0.29) is 5.65 Å². The van der Waals surface area contributed by atoms with Gasteiger partial charge in [0.25, 0.3) is 0 Å². The molecule has 0 unspecified atom stereocenters. The zero-order valence-electron chi connectivity index (χ0n) is 6.72. The van der Waals surface area contributed by atoms with Gasteiger partial charge < -0.3 is 0 Å². The Morgan fingerprint density at radius 1 is 1.29 bits per heavy atom. The van der Waals surface area contributed by atoms with E-state index in [0.29, 0.717) is 4.47 Å². The smallest absolute Gasteiger partial charge is 0.295 e. The van der Waals surface area contributed by atoms with Gasteiger partial charge in [0.2, 0.25) is 0 Å². The van der Waals surface area contributed by atoms with Crippen molar-refractivity contribution in [3.05, 3.63) is 34.7 Å². The zero-order chi connectivity index (χ0) is 10.3. The van der Waals surface area contributed by atoms with Gasteiger partial charge in [-0.2, -0.15) is 13.2 Å². The number of halogens is 4. The van der Waals surface area contributed by atoms with Crippen LogP contribution in [0.3, 0.4) is 0 Å². The summed E-state index contributed by atoms with van der Waals surface area (Å²) < 4.78 is 38.8. The number of imidazole rings is 1. The summed E-state index contributed by atoms with van der Waals surface area (Å²) in [6.45, 7) is 0. The van der Waals surface area contributed by atoms with Crippen LogP contribution in [0.1, 0.15) is 5.69 Å². The molecule has 0 saturated carbocycles. The SMILES string of the molecule is FC(F)(F)c1cnc2ccc(Br)cn12. The topological polar surface area (TPSA) is 17.3 Å². The van der Waals surface area contributed by atoms with Gasteiger partial charge in [-0.25, -0.2) is 4.98 Å². The van der Waals surface area contributed by atoms with Gasteiger partial charge in [-0.15, -0.1) is 0 Å². The number of aromatic nitrogens is 2. The minimum Gasteiger partial charge on any atom is -0.295 e. The van der Waals surface area contributed by atoms with Crippen molar-refractivity contribution in [1.82, 2.24) is 9.38 Å². The first-order valence-corrected chi connectivity index (χ1v) is 4.47. The first-order valence-electron chi connectivity index (χ1n) is 3.68. The van der Waals surface area contributed by atoms with E-state index in [4.69, 9.17) is 0 Å². The van der Waals surface area contributed by atoms with Crippen LogP contribution in [0.15, 0.2) is 29.0 Å². The third-order valence-corrected chi connectivity index (χ3v) is 2.23.